The largest absolute Gasteiger partial charge is 0.468 e. The number of hydrogen-bond donors (Lipinski definition) is 1. The summed E-state index contributed by atoms with van der Waals surface area (Å²) in [5, 5.41) is 3.16. The Balaban J connectivity index is 2.04. The predicted molar refractivity (Wildman–Crippen MR) is 70.2 cm³/mol. The van der Waals surface area contributed by atoms with Crippen LogP contribution in [0.1, 0.15) is 17.3 Å². The lowest BCUT2D eigenvalue weighted by molar-refractivity contribution is -0.180. The van der Waals surface area contributed by atoms with E-state index in [1.165, 1.54) is 14.0 Å². The summed E-state index contributed by atoms with van der Waals surface area (Å²) in [4.78, 5) is 23.0. The van der Waals surface area contributed by atoms with E-state index in [2.05, 4.69) is 5.32 Å². The molecule has 1 aliphatic rings. The summed E-state index contributed by atoms with van der Waals surface area (Å²) in [6.07, 6.45) is 0. The molecule has 0 radical (unpaired) electrons. The number of esters is 1. The molecule has 0 atom stereocenters. The number of methoxy groups -OCH3 is 1. The second-order valence-electron chi connectivity index (χ2n) is 4.76. The van der Waals surface area contributed by atoms with Crippen molar-refractivity contribution in [3.8, 4) is 0 Å². The fourth-order valence-corrected chi connectivity index (χ4v) is 1.98. The van der Waals surface area contributed by atoms with Gasteiger partial charge < -0.3 is 14.8 Å². The van der Waals surface area contributed by atoms with E-state index in [1.54, 1.807) is 18.2 Å². The van der Waals surface area contributed by atoms with Crippen molar-refractivity contribution in [2.45, 2.75) is 6.92 Å². The number of anilines is 1. The third kappa shape index (κ3) is 2.76. The Labute approximate surface area is 111 Å². The van der Waals surface area contributed by atoms with Gasteiger partial charge in [-0.15, -0.1) is 0 Å². The Morgan fingerprint density at radius 3 is 2.68 bits per heavy atom. The molecule has 102 valence electrons. The molecule has 0 bridgehead atoms. The minimum Gasteiger partial charge on any atom is -0.468 e. The summed E-state index contributed by atoms with van der Waals surface area (Å²) in [7, 11) is 1.37. The number of ether oxygens (including phenoxy) is 2. The fraction of sp³-hybridized carbons (Fsp3) is 0.429. The zero-order valence-electron chi connectivity index (χ0n) is 11.1. The van der Waals surface area contributed by atoms with Gasteiger partial charge in [-0.2, -0.15) is 0 Å². The van der Waals surface area contributed by atoms with Gasteiger partial charge in [-0.25, -0.2) is 0 Å². The van der Waals surface area contributed by atoms with Crippen LogP contribution in [0.15, 0.2) is 24.3 Å². The molecule has 1 saturated heterocycles. The number of carbonyl (C=O) groups excluding carboxylic acids is 2. The first-order valence-corrected chi connectivity index (χ1v) is 6.08. The van der Waals surface area contributed by atoms with Gasteiger partial charge in [0.25, 0.3) is 0 Å². The molecule has 1 aromatic carbocycles. The van der Waals surface area contributed by atoms with Crippen molar-refractivity contribution >= 4 is 17.4 Å². The number of ketones is 1. The molecule has 0 unspecified atom stereocenters. The van der Waals surface area contributed by atoms with Crippen LogP contribution in [0.4, 0.5) is 5.69 Å². The third-order valence-corrected chi connectivity index (χ3v) is 3.28. The molecule has 0 aromatic heterocycles. The van der Waals surface area contributed by atoms with E-state index in [9.17, 15) is 9.59 Å². The molecule has 1 N–H and O–H groups in total. The van der Waals surface area contributed by atoms with E-state index in [-0.39, 0.29) is 11.8 Å². The van der Waals surface area contributed by atoms with Crippen LogP contribution in [0.25, 0.3) is 0 Å². The van der Waals surface area contributed by atoms with Crippen molar-refractivity contribution in [2.75, 3.05) is 32.2 Å². The SMILES string of the molecule is COC(=O)C1(CNc2cccc(C(C)=O)c2)COC1. The highest BCUT2D eigenvalue weighted by molar-refractivity contribution is 5.94. The Bertz CT molecular complexity index is 494. The Hall–Kier alpha value is -1.88. The maximum absolute atomic E-state index is 11.7. The fourth-order valence-electron chi connectivity index (χ4n) is 1.98. The van der Waals surface area contributed by atoms with Crippen molar-refractivity contribution in [1.29, 1.82) is 0 Å². The van der Waals surface area contributed by atoms with Crippen molar-refractivity contribution in [3.63, 3.8) is 0 Å². The molecule has 1 aromatic rings. The van der Waals surface area contributed by atoms with Crippen LogP contribution in [-0.4, -0.2) is 38.6 Å². The maximum Gasteiger partial charge on any atom is 0.318 e. The summed E-state index contributed by atoms with van der Waals surface area (Å²) in [5.74, 6) is -0.257. The van der Waals surface area contributed by atoms with Crippen molar-refractivity contribution < 1.29 is 19.1 Å². The molecule has 1 heterocycles. The predicted octanol–water partition coefficient (Wildman–Crippen LogP) is 1.49. The maximum atomic E-state index is 11.7. The number of hydrogen-bond acceptors (Lipinski definition) is 5. The molecule has 0 aliphatic carbocycles. The molecule has 0 amide bonds. The number of nitrogens with one attached hydrogen (secondary N) is 1. The summed E-state index contributed by atoms with van der Waals surface area (Å²) in [6.45, 7) is 2.67. The lowest BCUT2D eigenvalue weighted by Crippen LogP contribution is -2.54. The molecule has 19 heavy (non-hydrogen) atoms. The van der Waals surface area contributed by atoms with E-state index in [0.29, 0.717) is 25.3 Å². The summed E-state index contributed by atoms with van der Waals surface area (Å²) < 4.78 is 9.91. The second kappa shape index (κ2) is 5.40. The van der Waals surface area contributed by atoms with Crippen LogP contribution in [0.2, 0.25) is 0 Å². The highest BCUT2D eigenvalue weighted by Crippen LogP contribution is 2.29. The van der Waals surface area contributed by atoms with Crippen LogP contribution >= 0.6 is 0 Å². The number of carbonyl (C=O) groups is 2. The minimum absolute atomic E-state index is 0.0123. The van der Waals surface area contributed by atoms with Gasteiger partial charge in [-0.1, -0.05) is 12.1 Å². The van der Waals surface area contributed by atoms with Gasteiger partial charge in [0.1, 0.15) is 5.41 Å². The van der Waals surface area contributed by atoms with E-state index in [4.69, 9.17) is 9.47 Å². The summed E-state index contributed by atoms with van der Waals surface area (Å²) in [5.41, 5.74) is 0.839. The van der Waals surface area contributed by atoms with Gasteiger partial charge in [0.2, 0.25) is 0 Å². The van der Waals surface area contributed by atoms with Crippen LogP contribution in [0, 0.1) is 5.41 Å². The van der Waals surface area contributed by atoms with Crippen LogP contribution in [0.3, 0.4) is 0 Å². The molecule has 1 fully saturated rings. The second-order valence-corrected chi connectivity index (χ2v) is 4.76. The Morgan fingerprint density at radius 2 is 2.16 bits per heavy atom. The zero-order valence-corrected chi connectivity index (χ0v) is 11.1. The van der Waals surface area contributed by atoms with E-state index >= 15 is 0 Å². The summed E-state index contributed by atoms with van der Waals surface area (Å²) in [6, 6.07) is 7.20. The van der Waals surface area contributed by atoms with Crippen molar-refractivity contribution in [1.82, 2.24) is 0 Å². The van der Waals surface area contributed by atoms with Crippen molar-refractivity contribution in [2.24, 2.45) is 5.41 Å². The van der Waals surface area contributed by atoms with Gasteiger partial charge in [0, 0.05) is 17.8 Å². The Kier molecular flexibility index (Phi) is 3.85. The van der Waals surface area contributed by atoms with E-state index in [0.717, 1.165) is 5.69 Å². The first-order chi connectivity index (χ1) is 9.07. The molecular formula is C14H17NO4. The van der Waals surface area contributed by atoms with Crippen molar-refractivity contribution in [3.05, 3.63) is 29.8 Å². The average Bonchev–Trinajstić information content (AvgIpc) is 2.37. The van der Waals surface area contributed by atoms with Crippen LogP contribution in [0.5, 0.6) is 0 Å². The zero-order chi connectivity index (χ0) is 13.9. The van der Waals surface area contributed by atoms with Gasteiger partial charge in [0.05, 0.1) is 20.3 Å². The van der Waals surface area contributed by atoms with Gasteiger partial charge >= 0.3 is 5.97 Å². The quantitative estimate of drug-likeness (QED) is 0.644. The topological polar surface area (TPSA) is 64.6 Å². The standard InChI is InChI=1S/C14H17NO4/c1-10(16)11-4-3-5-12(6-11)15-7-14(8-19-9-14)13(17)18-2/h3-6,15H,7-9H2,1-2H3. The first kappa shape index (κ1) is 13.5. The van der Waals surface area contributed by atoms with Gasteiger partial charge in [0.15, 0.2) is 5.78 Å². The molecule has 1 aliphatic heterocycles. The Morgan fingerprint density at radius 1 is 1.42 bits per heavy atom. The van der Waals surface area contributed by atoms with E-state index < -0.39 is 5.41 Å². The monoisotopic (exact) mass is 263 g/mol. The van der Waals surface area contributed by atoms with Gasteiger partial charge in [-0.3, -0.25) is 9.59 Å². The lowest BCUT2D eigenvalue weighted by Gasteiger charge is -2.38. The molecule has 0 saturated carbocycles. The lowest BCUT2D eigenvalue weighted by atomic mass is 9.86. The van der Waals surface area contributed by atoms with Gasteiger partial charge in [-0.05, 0) is 19.1 Å². The highest BCUT2D eigenvalue weighted by atomic mass is 16.5. The molecule has 5 nitrogen and oxygen atoms in total. The van der Waals surface area contributed by atoms with E-state index in [1.807, 2.05) is 6.07 Å². The van der Waals surface area contributed by atoms with Crippen LogP contribution in [-0.2, 0) is 14.3 Å². The highest BCUT2D eigenvalue weighted by Gasteiger charge is 2.47. The number of rotatable bonds is 5. The molecular weight excluding hydrogens is 246 g/mol. The third-order valence-electron chi connectivity index (χ3n) is 3.28. The summed E-state index contributed by atoms with van der Waals surface area (Å²) >= 11 is 0. The minimum atomic E-state index is -0.610. The molecule has 5 heteroatoms. The average molecular weight is 263 g/mol. The number of benzene rings is 1. The van der Waals surface area contributed by atoms with Crippen LogP contribution < -0.4 is 5.32 Å². The smallest absolute Gasteiger partial charge is 0.318 e. The molecule has 2 rings (SSSR count). The number of Topliss-reactive ketones (excluding diaryl/α,β-unsaturated/α-hetero) is 1. The normalized spacial score (nSPS) is 16.3. The molecule has 0 spiro atoms. The first-order valence-electron chi connectivity index (χ1n) is 6.08.